The number of rotatable bonds is 2. The van der Waals surface area contributed by atoms with Crippen molar-refractivity contribution in [3.8, 4) is 45.4 Å². The van der Waals surface area contributed by atoms with Crippen molar-refractivity contribution in [2.45, 2.75) is 25.7 Å². The van der Waals surface area contributed by atoms with Crippen LogP contribution in [0.1, 0.15) is 22.6 Å². The fourth-order valence-corrected chi connectivity index (χ4v) is 5.08. The molecule has 0 amide bonds. The maximum atomic E-state index is 6.41. The van der Waals surface area contributed by atoms with Crippen molar-refractivity contribution in [1.29, 1.82) is 0 Å². The fourth-order valence-electron chi connectivity index (χ4n) is 5.08. The first-order chi connectivity index (χ1) is 18.8. The van der Waals surface area contributed by atoms with E-state index in [1.807, 2.05) is 60.7 Å². The Bertz CT molecular complexity index is 1550. The quantitative estimate of drug-likeness (QED) is 0.243. The highest BCUT2D eigenvalue weighted by Crippen LogP contribution is 2.34. The van der Waals surface area contributed by atoms with Gasteiger partial charge in [0.25, 0.3) is 0 Å². The van der Waals surface area contributed by atoms with E-state index in [0.29, 0.717) is 24.6 Å². The first-order valence-electron chi connectivity index (χ1n) is 13.1. The summed E-state index contributed by atoms with van der Waals surface area (Å²) < 4.78 is 12.8. The number of oxazole rings is 2. The lowest BCUT2D eigenvalue weighted by Crippen LogP contribution is -1.96. The number of benzene rings is 4. The average Bonchev–Trinajstić information content (AvgIpc) is 3.61. The predicted molar refractivity (Wildman–Crippen MR) is 150 cm³/mol. The van der Waals surface area contributed by atoms with Crippen LogP contribution < -0.4 is 0 Å². The lowest BCUT2D eigenvalue weighted by Gasteiger charge is -2.07. The lowest BCUT2D eigenvalue weighted by molar-refractivity contribution is 0.485. The van der Waals surface area contributed by atoms with Gasteiger partial charge in [0.2, 0.25) is 11.8 Å². The van der Waals surface area contributed by atoms with Gasteiger partial charge in [0.15, 0.2) is 0 Å². The molecule has 0 N–H and O–H groups in total. The first kappa shape index (κ1) is 22.5. The lowest BCUT2D eigenvalue weighted by atomic mass is 9.99. The molecule has 0 atom stereocenters. The average molecular weight is 495 g/mol. The summed E-state index contributed by atoms with van der Waals surface area (Å²) in [7, 11) is 0. The zero-order valence-electron chi connectivity index (χ0n) is 20.9. The summed E-state index contributed by atoms with van der Waals surface area (Å²) in [6, 6.07) is 37.6. The SMILES string of the molecule is c1ccc(-c2nc3c(o2)CCc2oc(-c4ccccc4)nc2-c2ccc(cc2)CCc2ccc-3cc2)cc1. The first-order valence-corrected chi connectivity index (χ1v) is 13.1. The van der Waals surface area contributed by atoms with Crippen LogP contribution in [0, 0.1) is 0 Å². The second-order valence-corrected chi connectivity index (χ2v) is 9.71. The molecule has 38 heavy (non-hydrogen) atoms. The van der Waals surface area contributed by atoms with Gasteiger partial charge in [-0.2, -0.15) is 0 Å². The highest BCUT2D eigenvalue weighted by atomic mass is 16.4. The third-order valence-corrected chi connectivity index (χ3v) is 7.17. The largest absolute Gasteiger partial charge is 0.440 e. The third kappa shape index (κ3) is 4.35. The summed E-state index contributed by atoms with van der Waals surface area (Å²) in [5.41, 5.74) is 8.45. The highest BCUT2D eigenvalue weighted by Gasteiger charge is 2.21. The summed E-state index contributed by atoms with van der Waals surface area (Å²) in [6.45, 7) is 0. The maximum absolute atomic E-state index is 6.41. The molecular formula is C34H26N2O2. The number of aryl methyl sites for hydroxylation is 4. The van der Waals surface area contributed by atoms with Crippen molar-refractivity contribution in [1.82, 2.24) is 9.97 Å². The minimum absolute atomic E-state index is 0.635. The Morgan fingerprint density at radius 2 is 0.789 bits per heavy atom. The molecule has 0 spiro atoms. The molecule has 6 aromatic rings. The van der Waals surface area contributed by atoms with Crippen LogP contribution in [0.2, 0.25) is 0 Å². The number of aromatic nitrogens is 2. The summed E-state index contributed by atoms with van der Waals surface area (Å²) in [6.07, 6.45) is 3.25. The van der Waals surface area contributed by atoms with Crippen LogP contribution >= 0.6 is 0 Å². The van der Waals surface area contributed by atoms with Gasteiger partial charge in [-0.15, -0.1) is 0 Å². The molecule has 4 aromatic carbocycles. The van der Waals surface area contributed by atoms with Crippen LogP contribution in [0.3, 0.4) is 0 Å². The summed E-state index contributed by atoms with van der Waals surface area (Å²) in [4.78, 5) is 9.91. The Kier molecular flexibility index (Phi) is 5.71. The van der Waals surface area contributed by atoms with Gasteiger partial charge in [-0.05, 0) is 48.2 Å². The van der Waals surface area contributed by atoms with Gasteiger partial charge >= 0.3 is 0 Å². The normalized spacial score (nSPS) is 12.8. The topological polar surface area (TPSA) is 52.1 Å². The Balaban J connectivity index is 1.35. The monoisotopic (exact) mass is 494 g/mol. The van der Waals surface area contributed by atoms with E-state index in [1.165, 1.54) is 11.1 Å². The molecule has 4 nitrogen and oxygen atoms in total. The zero-order valence-corrected chi connectivity index (χ0v) is 20.9. The van der Waals surface area contributed by atoms with Gasteiger partial charge in [0, 0.05) is 35.1 Å². The predicted octanol–water partition coefficient (Wildman–Crippen LogP) is 8.21. The number of hydrogen-bond donors (Lipinski definition) is 0. The van der Waals surface area contributed by atoms with Crippen LogP contribution in [-0.2, 0) is 25.7 Å². The molecule has 0 aliphatic heterocycles. The standard InChI is InChI=1S/C34H26N2O2/c1-3-7-27(8-4-1)33-35-31-25-17-13-23(14-18-25)11-12-24-15-19-26(20-16-24)32-30(22-21-29(31)37-33)38-34(36-32)28-9-5-2-6-10-28/h1-10,13-20H,11-12,21-22H2. The van der Waals surface area contributed by atoms with Crippen LogP contribution in [-0.4, -0.2) is 9.97 Å². The van der Waals surface area contributed by atoms with Crippen molar-refractivity contribution in [3.63, 3.8) is 0 Å². The van der Waals surface area contributed by atoms with Crippen molar-refractivity contribution < 1.29 is 8.83 Å². The van der Waals surface area contributed by atoms with Crippen LogP contribution in [0.4, 0.5) is 0 Å². The van der Waals surface area contributed by atoms with Gasteiger partial charge in [0.05, 0.1) is 0 Å². The number of hydrogen-bond acceptors (Lipinski definition) is 4. The van der Waals surface area contributed by atoms with E-state index in [2.05, 4.69) is 48.5 Å². The maximum Gasteiger partial charge on any atom is 0.226 e. The van der Waals surface area contributed by atoms with Gasteiger partial charge in [0.1, 0.15) is 22.9 Å². The van der Waals surface area contributed by atoms with E-state index in [0.717, 1.165) is 58.0 Å². The van der Waals surface area contributed by atoms with Gasteiger partial charge in [-0.25, -0.2) is 9.97 Å². The van der Waals surface area contributed by atoms with E-state index < -0.39 is 0 Å². The molecule has 2 aromatic heterocycles. The molecule has 0 saturated carbocycles. The smallest absolute Gasteiger partial charge is 0.226 e. The highest BCUT2D eigenvalue weighted by molar-refractivity contribution is 5.68. The van der Waals surface area contributed by atoms with E-state index in [1.54, 1.807) is 0 Å². The van der Waals surface area contributed by atoms with Crippen LogP contribution in [0.25, 0.3) is 45.4 Å². The Hall–Kier alpha value is -4.70. The molecule has 4 bridgehead atoms. The Morgan fingerprint density at radius 1 is 0.395 bits per heavy atom. The van der Waals surface area contributed by atoms with E-state index >= 15 is 0 Å². The van der Waals surface area contributed by atoms with Crippen LogP contribution in [0.15, 0.2) is 118 Å². The minimum Gasteiger partial charge on any atom is -0.440 e. The summed E-state index contributed by atoms with van der Waals surface area (Å²) >= 11 is 0. The zero-order chi connectivity index (χ0) is 25.3. The van der Waals surface area contributed by atoms with Crippen molar-refractivity contribution in [3.05, 3.63) is 132 Å². The molecule has 0 unspecified atom stereocenters. The van der Waals surface area contributed by atoms with Crippen LogP contribution in [0.5, 0.6) is 0 Å². The van der Waals surface area contributed by atoms with Gasteiger partial charge in [-0.3, -0.25) is 0 Å². The Labute approximate surface area is 221 Å². The molecule has 4 heteroatoms. The van der Waals surface area contributed by atoms with Crippen molar-refractivity contribution in [2.24, 2.45) is 0 Å². The van der Waals surface area contributed by atoms with Gasteiger partial charge < -0.3 is 8.83 Å². The van der Waals surface area contributed by atoms with Crippen molar-refractivity contribution in [2.75, 3.05) is 0 Å². The molecule has 0 radical (unpaired) electrons. The third-order valence-electron chi connectivity index (χ3n) is 7.17. The molecule has 4 aliphatic carbocycles. The second kappa shape index (κ2) is 9.64. The molecule has 0 fully saturated rings. The summed E-state index contributed by atoms with van der Waals surface area (Å²) in [5, 5.41) is 0. The molecule has 0 saturated heterocycles. The fraction of sp³-hybridized carbons (Fsp3) is 0.118. The molecule has 184 valence electrons. The van der Waals surface area contributed by atoms with E-state index in [4.69, 9.17) is 18.8 Å². The van der Waals surface area contributed by atoms with E-state index in [9.17, 15) is 0 Å². The molecular weight excluding hydrogens is 468 g/mol. The number of nitrogens with zero attached hydrogens (tertiary/aromatic N) is 2. The second-order valence-electron chi connectivity index (χ2n) is 9.71. The Morgan fingerprint density at radius 3 is 1.18 bits per heavy atom. The van der Waals surface area contributed by atoms with E-state index in [-0.39, 0.29) is 0 Å². The molecule has 2 heterocycles. The van der Waals surface area contributed by atoms with Gasteiger partial charge in [-0.1, -0.05) is 84.9 Å². The van der Waals surface area contributed by atoms with Crippen molar-refractivity contribution >= 4 is 0 Å². The molecule has 4 aliphatic rings. The molecule has 10 rings (SSSR count). The minimum atomic E-state index is 0.635. The summed E-state index contributed by atoms with van der Waals surface area (Å²) in [5.74, 6) is 2.97.